The zero-order chi connectivity index (χ0) is 27.7. The second-order valence-corrected chi connectivity index (χ2v) is 8.94. The van der Waals surface area contributed by atoms with E-state index in [1.165, 1.54) is 49.2 Å². The Labute approximate surface area is 221 Å². The minimum Gasteiger partial charge on any atom is -0.489 e. The van der Waals surface area contributed by atoms with E-state index in [4.69, 9.17) is 9.47 Å². The molecule has 0 spiro atoms. The number of benzene rings is 4. The molecule has 0 saturated carbocycles. The second-order valence-electron chi connectivity index (χ2n) is 8.94. The van der Waals surface area contributed by atoms with Crippen LogP contribution in [0.4, 0.5) is 8.78 Å². The highest BCUT2D eigenvalue weighted by Gasteiger charge is 2.09. The van der Waals surface area contributed by atoms with Gasteiger partial charge in [0.25, 0.3) is 0 Å². The van der Waals surface area contributed by atoms with Crippen LogP contribution in [0, 0.1) is 25.5 Å². The largest absolute Gasteiger partial charge is 0.489 e. The van der Waals surface area contributed by atoms with Gasteiger partial charge in [-0.05, 0) is 63.1 Å². The van der Waals surface area contributed by atoms with E-state index in [1.807, 2.05) is 62.4 Å². The van der Waals surface area contributed by atoms with Crippen molar-refractivity contribution in [1.29, 1.82) is 0 Å². The molecule has 0 aromatic heterocycles. The number of ketones is 2. The van der Waals surface area contributed by atoms with Gasteiger partial charge in [0.1, 0.15) is 36.3 Å². The lowest BCUT2D eigenvalue weighted by molar-refractivity contribution is 0.100. The molecule has 0 aliphatic rings. The minimum atomic E-state index is -0.547. The van der Waals surface area contributed by atoms with Gasteiger partial charge in [-0.15, -0.1) is 0 Å². The summed E-state index contributed by atoms with van der Waals surface area (Å²) in [5, 5.41) is 0. The Morgan fingerprint density at radius 2 is 0.921 bits per heavy atom. The summed E-state index contributed by atoms with van der Waals surface area (Å²) in [5.41, 5.74) is 4.56. The number of rotatable bonds is 8. The Hall–Kier alpha value is -4.32. The van der Waals surface area contributed by atoms with Gasteiger partial charge >= 0.3 is 0 Å². The molecule has 0 heterocycles. The van der Waals surface area contributed by atoms with Crippen molar-refractivity contribution in [3.05, 3.63) is 130 Å². The van der Waals surface area contributed by atoms with Crippen molar-refractivity contribution in [3.63, 3.8) is 0 Å². The zero-order valence-corrected chi connectivity index (χ0v) is 21.9. The Bertz CT molecular complexity index is 1290. The molecule has 0 bridgehead atoms. The molecule has 4 aromatic carbocycles. The molecule has 0 atom stereocenters. The average molecular weight is 517 g/mol. The quantitative estimate of drug-likeness (QED) is 0.224. The number of carbonyl (C=O) groups is 2. The Morgan fingerprint density at radius 1 is 0.579 bits per heavy atom. The fourth-order valence-corrected chi connectivity index (χ4v) is 3.44. The highest BCUT2D eigenvalue weighted by atomic mass is 19.1. The molecular weight excluding hydrogens is 486 g/mol. The van der Waals surface area contributed by atoms with Crippen molar-refractivity contribution in [2.24, 2.45) is 0 Å². The van der Waals surface area contributed by atoms with Crippen molar-refractivity contribution < 1.29 is 27.8 Å². The van der Waals surface area contributed by atoms with Gasteiger partial charge in [0.2, 0.25) is 0 Å². The lowest BCUT2D eigenvalue weighted by Crippen LogP contribution is -1.99. The summed E-state index contributed by atoms with van der Waals surface area (Å²) in [6.07, 6.45) is 0. The van der Waals surface area contributed by atoms with Crippen molar-refractivity contribution in [2.45, 2.75) is 40.9 Å². The molecule has 4 aromatic rings. The predicted octanol–water partition coefficient (Wildman–Crippen LogP) is 7.83. The van der Waals surface area contributed by atoms with Crippen molar-refractivity contribution in [3.8, 4) is 11.5 Å². The molecule has 0 radical (unpaired) electrons. The van der Waals surface area contributed by atoms with Gasteiger partial charge in [-0.2, -0.15) is 0 Å². The number of hydrogen-bond donors (Lipinski definition) is 0. The summed E-state index contributed by atoms with van der Waals surface area (Å²) < 4.78 is 38.1. The van der Waals surface area contributed by atoms with Crippen LogP contribution in [0.2, 0.25) is 0 Å². The van der Waals surface area contributed by atoms with Crippen LogP contribution in [-0.4, -0.2) is 11.6 Å². The fourth-order valence-electron chi connectivity index (χ4n) is 3.44. The summed E-state index contributed by atoms with van der Waals surface area (Å²) in [7, 11) is 0. The summed E-state index contributed by atoms with van der Waals surface area (Å²) in [5.74, 6) is -0.834. The average Bonchev–Trinajstić information content (AvgIpc) is 2.88. The molecular formula is C32H30F2O4. The highest BCUT2D eigenvalue weighted by Crippen LogP contribution is 2.20. The van der Waals surface area contributed by atoms with Crippen LogP contribution in [-0.2, 0) is 13.2 Å². The monoisotopic (exact) mass is 516 g/mol. The number of aryl methyl sites for hydroxylation is 2. The normalized spacial score (nSPS) is 10.3. The van der Waals surface area contributed by atoms with Crippen molar-refractivity contribution in [1.82, 2.24) is 0 Å². The van der Waals surface area contributed by atoms with E-state index in [1.54, 1.807) is 12.1 Å². The topological polar surface area (TPSA) is 52.6 Å². The van der Waals surface area contributed by atoms with E-state index >= 15 is 0 Å². The molecule has 0 unspecified atom stereocenters. The molecule has 196 valence electrons. The number of ether oxygens (including phenoxy) is 2. The molecule has 0 amide bonds. The zero-order valence-electron chi connectivity index (χ0n) is 21.9. The molecule has 6 heteroatoms. The fraction of sp³-hybridized carbons (Fsp3) is 0.188. The van der Waals surface area contributed by atoms with E-state index in [0.717, 1.165) is 11.1 Å². The first-order chi connectivity index (χ1) is 18.1. The SMILES string of the molecule is CC(=O)c1ccc(OCc2ccc(C)cc2)cc1F.CC(=O)c1ccc(OCc2ccc(C)cc2)cc1F. The molecule has 4 nitrogen and oxygen atoms in total. The van der Waals surface area contributed by atoms with Gasteiger partial charge in [0.15, 0.2) is 11.6 Å². The number of hydrogen-bond acceptors (Lipinski definition) is 4. The Kier molecular flexibility index (Phi) is 9.88. The molecule has 0 N–H and O–H groups in total. The Morgan fingerprint density at radius 3 is 1.21 bits per heavy atom. The van der Waals surface area contributed by atoms with E-state index < -0.39 is 11.6 Å². The summed E-state index contributed by atoms with van der Waals surface area (Å²) in [4.78, 5) is 22.2. The van der Waals surface area contributed by atoms with E-state index in [9.17, 15) is 18.4 Å². The van der Waals surface area contributed by atoms with E-state index in [0.29, 0.717) is 24.7 Å². The summed E-state index contributed by atoms with van der Waals surface area (Å²) in [6, 6.07) is 24.4. The maximum absolute atomic E-state index is 13.6. The van der Waals surface area contributed by atoms with Gasteiger partial charge in [-0.25, -0.2) is 8.78 Å². The predicted molar refractivity (Wildman–Crippen MR) is 144 cm³/mol. The standard InChI is InChI=1S/2C16H15FO2/c2*1-11-3-5-13(6-4-11)10-19-14-7-8-15(12(2)18)16(17)9-14/h2*3-9H,10H2,1-2H3. The maximum atomic E-state index is 13.6. The van der Waals surface area contributed by atoms with Gasteiger partial charge in [-0.3, -0.25) is 9.59 Å². The molecule has 0 aliphatic carbocycles. The molecule has 4 rings (SSSR count). The third-order valence-electron chi connectivity index (χ3n) is 5.69. The van der Waals surface area contributed by atoms with Crippen molar-refractivity contribution in [2.75, 3.05) is 0 Å². The van der Waals surface area contributed by atoms with E-state index in [-0.39, 0.29) is 22.7 Å². The third-order valence-corrected chi connectivity index (χ3v) is 5.69. The first kappa shape index (κ1) is 28.3. The van der Waals surface area contributed by atoms with Crippen LogP contribution >= 0.6 is 0 Å². The second kappa shape index (κ2) is 13.3. The van der Waals surface area contributed by atoms with Crippen LogP contribution in [0.15, 0.2) is 84.9 Å². The van der Waals surface area contributed by atoms with Crippen LogP contribution in [0.1, 0.15) is 56.8 Å². The first-order valence-electron chi connectivity index (χ1n) is 12.1. The highest BCUT2D eigenvalue weighted by molar-refractivity contribution is 5.94. The Balaban J connectivity index is 0.000000211. The summed E-state index contributed by atoms with van der Waals surface area (Å²) >= 11 is 0. The van der Waals surface area contributed by atoms with Crippen LogP contribution in [0.25, 0.3) is 0 Å². The first-order valence-corrected chi connectivity index (χ1v) is 12.1. The number of halogens is 2. The third kappa shape index (κ3) is 8.37. The van der Waals surface area contributed by atoms with E-state index in [2.05, 4.69) is 0 Å². The van der Waals surface area contributed by atoms with Crippen LogP contribution < -0.4 is 9.47 Å². The lowest BCUT2D eigenvalue weighted by atomic mass is 10.1. The number of Topliss-reactive ketones (excluding diaryl/α,β-unsaturated/α-hetero) is 2. The molecule has 0 aliphatic heterocycles. The van der Waals surface area contributed by atoms with Gasteiger partial charge in [0, 0.05) is 12.1 Å². The van der Waals surface area contributed by atoms with Gasteiger partial charge in [0.05, 0.1) is 11.1 Å². The lowest BCUT2D eigenvalue weighted by Gasteiger charge is -2.08. The summed E-state index contributed by atoms with van der Waals surface area (Å²) in [6.45, 7) is 7.45. The molecule has 0 saturated heterocycles. The maximum Gasteiger partial charge on any atom is 0.162 e. The van der Waals surface area contributed by atoms with Gasteiger partial charge in [-0.1, -0.05) is 59.7 Å². The van der Waals surface area contributed by atoms with Crippen LogP contribution in [0.3, 0.4) is 0 Å². The molecule has 0 fully saturated rings. The molecule has 38 heavy (non-hydrogen) atoms. The number of carbonyl (C=O) groups excluding carboxylic acids is 2. The minimum absolute atomic E-state index is 0.0858. The van der Waals surface area contributed by atoms with Gasteiger partial charge < -0.3 is 9.47 Å². The van der Waals surface area contributed by atoms with Crippen LogP contribution in [0.5, 0.6) is 11.5 Å². The smallest absolute Gasteiger partial charge is 0.162 e. The van der Waals surface area contributed by atoms with Crippen molar-refractivity contribution >= 4 is 11.6 Å².